The van der Waals surface area contributed by atoms with Gasteiger partial charge < -0.3 is 9.64 Å². The van der Waals surface area contributed by atoms with Crippen LogP contribution in [0.3, 0.4) is 0 Å². The molecule has 2 rings (SSSR count). The summed E-state index contributed by atoms with van der Waals surface area (Å²) in [7, 11) is 0. The smallest absolute Gasteiger partial charge is 0.233 e. The van der Waals surface area contributed by atoms with Crippen LogP contribution >= 0.6 is 11.8 Å². The van der Waals surface area contributed by atoms with Gasteiger partial charge in [0.1, 0.15) is 0 Å². The van der Waals surface area contributed by atoms with Gasteiger partial charge in [0.25, 0.3) is 0 Å². The molecule has 1 aromatic rings. The highest BCUT2D eigenvalue weighted by Gasteiger charge is 2.25. The fraction of sp³-hybridized carbons (Fsp3) is 0.500. The first-order valence-electron chi connectivity index (χ1n) is 6.26. The van der Waals surface area contributed by atoms with Crippen molar-refractivity contribution in [3.05, 3.63) is 30.3 Å². The van der Waals surface area contributed by atoms with Gasteiger partial charge in [-0.3, -0.25) is 4.79 Å². The van der Waals surface area contributed by atoms with Gasteiger partial charge in [-0.15, -0.1) is 11.8 Å². The second-order valence-corrected chi connectivity index (χ2v) is 5.71. The van der Waals surface area contributed by atoms with Crippen molar-refractivity contribution in [1.29, 1.82) is 0 Å². The summed E-state index contributed by atoms with van der Waals surface area (Å²) in [6.07, 6.45) is 0.277. The van der Waals surface area contributed by atoms with Crippen LogP contribution in [0.25, 0.3) is 0 Å². The van der Waals surface area contributed by atoms with E-state index in [4.69, 9.17) is 4.74 Å². The molecule has 1 saturated heterocycles. The Morgan fingerprint density at radius 2 is 1.89 bits per heavy atom. The van der Waals surface area contributed by atoms with E-state index in [2.05, 4.69) is 0 Å². The first-order valence-corrected chi connectivity index (χ1v) is 7.25. The summed E-state index contributed by atoms with van der Waals surface area (Å²) < 4.78 is 5.63. The van der Waals surface area contributed by atoms with Gasteiger partial charge in [-0.2, -0.15) is 0 Å². The second-order valence-electron chi connectivity index (χ2n) is 4.66. The van der Waals surface area contributed by atoms with Crippen LogP contribution in [-0.2, 0) is 9.53 Å². The minimum absolute atomic E-state index is 0.138. The van der Waals surface area contributed by atoms with Gasteiger partial charge >= 0.3 is 0 Å². The molecular formula is C14H19NO2S. The molecule has 0 bridgehead atoms. The third-order valence-electron chi connectivity index (χ3n) is 2.88. The topological polar surface area (TPSA) is 29.5 Å². The van der Waals surface area contributed by atoms with Crippen LogP contribution in [0.2, 0.25) is 0 Å². The molecule has 1 heterocycles. The third kappa shape index (κ3) is 3.75. The van der Waals surface area contributed by atoms with Crippen LogP contribution in [0.15, 0.2) is 35.2 Å². The molecule has 1 fully saturated rings. The molecule has 2 atom stereocenters. The van der Waals surface area contributed by atoms with E-state index in [1.54, 1.807) is 11.8 Å². The lowest BCUT2D eigenvalue weighted by molar-refractivity contribution is -0.140. The molecule has 1 amide bonds. The van der Waals surface area contributed by atoms with Gasteiger partial charge in [0.15, 0.2) is 0 Å². The van der Waals surface area contributed by atoms with E-state index in [9.17, 15) is 4.79 Å². The van der Waals surface area contributed by atoms with Crippen LogP contribution in [0.4, 0.5) is 0 Å². The molecule has 0 aliphatic carbocycles. The Morgan fingerprint density at radius 1 is 1.28 bits per heavy atom. The maximum absolute atomic E-state index is 12.1. The fourth-order valence-electron chi connectivity index (χ4n) is 2.13. The molecule has 0 saturated carbocycles. The Labute approximate surface area is 113 Å². The minimum Gasteiger partial charge on any atom is -0.372 e. The summed E-state index contributed by atoms with van der Waals surface area (Å²) in [5, 5.41) is 0. The molecule has 0 spiro atoms. The van der Waals surface area contributed by atoms with Crippen LogP contribution in [-0.4, -0.2) is 41.9 Å². The zero-order chi connectivity index (χ0) is 13.0. The SMILES string of the molecule is C[C@@H]1CN(C(=O)CSc2ccccc2)C[C@H](C)O1. The Bertz CT molecular complexity index is 386. The summed E-state index contributed by atoms with van der Waals surface area (Å²) in [4.78, 5) is 15.2. The molecule has 4 heteroatoms. The summed E-state index contributed by atoms with van der Waals surface area (Å²) in [5.41, 5.74) is 0. The monoisotopic (exact) mass is 265 g/mol. The van der Waals surface area contributed by atoms with Crippen molar-refractivity contribution >= 4 is 17.7 Å². The molecule has 3 nitrogen and oxygen atoms in total. The standard InChI is InChI=1S/C14H19NO2S/c1-11-8-15(9-12(2)17-11)14(16)10-18-13-6-4-3-5-7-13/h3-7,11-12H,8-10H2,1-2H3/t11-,12+. The number of nitrogens with zero attached hydrogens (tertiary/aromatic N) is 1. The van der Waals surface area contributed by atoms with Crippen molar-refractivity contribution in [3.8, 4) is 0 Å². The maximum atomic E-state index is 12.1. The van der Waals surface area contributed by atoms with Gasteiger partial charge in [-0.05, 0) is 26.0 Å². The van der Waals surface area contributed by atoms with Gasteiger partial charge in [-0.1, -0.05) is 18.2 Å². The maximum Gasteiger partial charge on any atom is 0.233 e. The first-order chi connectivity index (χ1) is 8.65. The molecule has 0 radical (unpaired) electrons. The lowest BCUT2D eigenvalue weighted by atomic mass is 10.2. The minimum atomic E-state index is 0.138. The van der Waals surface area contributed by atoms with Gasteiger partial charge in [-0.25, -0.2) is 0 Å². The van der Waals surface area contributed by atoms with E-state index in [0.717, 1.165) is 4.90 Å². The van der Waals surface area contributed by atoms with Crippen LogP contribution in [0.5, 0.6) is 0 Å². The lowest BCUT2D eigenvalue weighted by Gasteiger charge is -2.35. The molecule has 1 aromatic carbocycles. The van der Waals surface area contributed by atoms with Crippen molar-refractivity contribution in [1.82, 2.24) is 4.90 Å². The Kier molecular flexibility index (Phi) is 4.66. The molecular weight excluding hydrogens is 246 g/mol. The van der Waals surface area contributed by atoms with E-state index < -0.39 is 0 Å². The molecule has 1 aliphatic rings. The van der Waals surface area contributed by atoms with Gasteiger partial charge in [0, 0.05) is 18.0 Å². The molecule has 0 unspecified atom stereocenters. The van der Waals surface area contributed by atoms with Gasteiger partial charge in [0.2, 0.25) is 5.91 Å². The molecule has 0 aromatic heterocycles. The quantitative estimate of drug-likeness (QED) is 0.786. The number of ether oxygens (including phenoxy) is 1. The fourth-order valence-corrected chi connectivity index (χ4v) is 2.96. The molecule has 98 valence electrons. The lowest BCUT2D eigenvalue weighted by Crippen LogP contribution is -2.48. The average molecular weight is 265 g/mol. The number of amides is 1. The number of rotatable bonds is 3. The van der Waals surface area contributed by atoms with Crippen LogP contribution in [0.1, 0.15) is 13.8 Å². The number of hydrogen-bond acceptors (Lipinski definition) is 3. The Morgan fingerprint density at radius 3 is 2.50 bits per heavy atom. The Balaban J connectivity index is 1.84. The largest absolute Gasteiger partial charge is 0.372 e. The van der Waals surface area contributed by atoms with E-state index in [1.807, 2.05) is 49.1 Å². The van der Waals surface area contributed by atoms with E-state index in [-0.39, 0.29) is 18.1 Å². The average Bonchev–Trinajstić information content (AvgIpc) is 2.36. The number of carbonyl (C=O) groups is 1. The number of benzene rings is 1. The van der Waals surface area contributed by atoms with E-state index >= 15 is 0 Å². The number of hydrogen-bond donors (Lipinski definition) is 0. The van der Waals surface area contributed by atoms with Crippen molar-refractivity contribution in [2.75, 3.05) is 18.8 Å². The van der Waals surface area contributed by atoms with Crippen molar-refractivity contribution in [2.45, 2.75) is 31.0 Å². The van der Waals surface area contributed by atoms with Crippen LogP contribution in [0, 0.1) is 0 Å². The molecule has 1 aliphatic heterocycles. The van der Waals surface area contributed by atoms with E-state index in [1.165, 1.54) is 0 Å². The predicted octanol–water partition coefficient (Wildman–Crippen LogP) is 2.41. The van der Waals surface area contributed by atoms with Gasteiger partial charge in [0.05, 0.1) is 18.0 Å². The van der Waals surface area contributed by atoms with Crippen molar-refractivity contribution in [3.63, 3.8) is 0 Å². The zero-order valence-corrected chi connectivity index (χ0v) is 11.7. The summed E-state index contributed by atoms with van der Waals surface area (Å²) >= 11 is 1.59. The van der Waals surface area contributed by atoms with E-state index in [0.29, 0.717) is 18.8 Å². The number of carbonyl (C=O) groups excluding carboxylic acids is 1. The highest BCUT2D eigenvalue weighted by Crippen LogP contribution is 2.19. The van der Waals surface area contributed by atoms with Crippen molar-refractivity contribution < 1.29 is 9.53 Å². The first kappa shape index (κ1) is 13.4. The summed E-state index contributed by atoms with van der Waals surface area (Å²) in [6, 6.07) is 10.0. The van der Waals surface area contributed by atoms with Crippen LogP contribution < -0.4 is 0 Å². The molecule has 18 heavy (non-hydrogen) atoms. The molecule has 0 N–H and O–H groups in total. The highest BCUT2D eigenvalue weighted by atomic mass is 32.2. The number of morpholine rings is 1. The Hall–Kier alpha value is -1.00. The van der Waals surface area contributed by atoms with Crippen molar-refractivity contribution in [2.24, 2.45) is 0 Å². The summed E-state index contributed by atoms with van der Waals surface area (Å²) in [5.74, 6) is 0.703. The highest BCUT2D eigenvalue weighted by molar-refractivity contribution is 8.00. The summed E-state index contributed by atoms with van der Waals surface area (Å²) in [6.45, 7) is 5.44. The second kappa shape index (κ2) is 6.25. The third-order valence-corrected chi connectivity index (χ3v) is 3.87. The zero-order valence-electron chi connectivity index (χ0n) is 10.8. The normalized spacial score (nSPS) is 24.0. The predicted molar refractivity (Wildman–Crippen MR) is 73.8 cm³/mol. The number of thioether (sulfide) groups is 1.